The van der Waals surface area contributed by atoms with Crippen LogP contribution in [0.3, 0.4) is 0 Å². The number of nitrogens with zero attached hydrogens (tertiary/aromatic N) is 2. The number of aryl methyl sites for hydroxylation is 2. The topological polar surface area (TPSA) is 62.4 Å². The van der Waals surface area contributed by atoms with Crippen molar-refractivity contribution in [3.63, 3.8) is 0 Å². The Morgan fingerprint density at radius 2 is 2.00 bits per heavy atom. The van der Waals surface area contributed by atoms with Crippen LogP contribution >= 0.6 is 12.2 Å². The molecule has 104 valence electrons. The van der Waals surface area contributed by atoms with Crippen molar-refractivity contribution in [1.29, 1.82) is 0 Å². The van der Waals surface area contributed by atoms with E-state index in [0.717, 1.165) is 22.5 Å². The number of aromatic nitrogens is 1. The Labute approximate surface area is 123 Å². The molecule has 2 aromatic rings. The quantitative estimate of drug-likeness (QED) is 0.850. The Bertz CT molecular complexity index is 670. The van der Waals surface area contributed by atoms with E-state index in [4.69, 9.17) is 18.0 Å². The molecule has 0 spiro atoms. The van der Waals surface area contributed by atoms with Crippen LogP contribution in [-0.2, 0) is 0 Å². The SMILES string of the molecule is Cc1cc(C)c(C(N)=S)c(N(C)c2cccc(O)c2)n1. The van der Waals surface area contributed by atoms with Gasteiger partial charge in [0.25, 0.3) is 0 Å². The molecule has 0 aliphatic rings. The molecule has 1 heterocycles. The first-order valence-electron chi connectivity index (χ1n) is 6.21. The lowest BCUT2D eigenvalue weighted by Gasteiger charge is -2.23. The number of nitrogens with two attached hydrogens (primary N) is 1. The first-order chi connectivity index (χ1) is 9.40. The molecule has 2 rings (SSSR count). The van der Waals surface area contributed by atoms with Gasteiger partial charge in [0, 0.05) is 24.5 Å². The standard InChI is InChI=1S/C15H17N3OS/c1-9-7-10(2)17-15(13(9)14(16)20)18(3)11-5-4-6-12(19)8-11/h4-8,19H,1-3H3,(H2,16,20). The zero-order chi connectivity index (χ0) is 14.9. The van der Waals surface area contributed by atoms with E-state index in [1.165, 1.54) is 0 Å². The second-order valence-electron chi connectivity index (χ2n) is 4.72. The van der Waals surface area contributed by atoms with Crippen molar-refractivity contribution in [1.82, 2.24) is 4.98 Å². The van der Waals surface area contributed by atoms with Gasteiger partial charge in [-0.2, -0.15) is 0 Å². The van der Waals surface area contributed by atoms with E-state index < -0.39 is 0 Å². The number of anilines is 2. The zero-order valence-electron chi connectivity index (χ0n) is 11.7. The van der Waals surface area contributed by atoms with E-state index in [1.807, 2.05) is 37.9 Å². The summed E-state index contributed by atoms with van der Waals surface area (Å²) < 4.78 is 0. The van der Waals surface area contributed by atoms with Gasteiger partial charge in [-0.05, 0) is 37.6 Å². The lowest BCUT2D eigenvalue weighted by molar-refractivity contribution is 0.475. The van der Waals surface area contributed by atoms with Gasteiger partial charge in [-0.3, -0.25) is 0 Å². The summed E-state index contributed by atoms with van der Waals surface area (Å²) in [7, 11) is 1.87. The third-order valence-electron chi connectivity index (χ3n) is 3.11. The van der Waals surface area contributed by atoms with E-state index >= 15 is 0 Å². The minimum absolute atomic E-state index is 0.204. The smallest absolute Gasteiger partial charge is 0.143 e. The fourth-order valence-corrected chi connectivity index (χ4v) is 2.44. The van der Waals surface area contributed by atoms with E-state index in [9.17, 15) is 5.11 Å². The summed E-state index contributed by atoms with van der Waals surface area (Å²) in [5, 5.41) is 9.60. The maximum Gasteiger partial charge on any atom is 0.143 e. The summed E-state index contributed by atoms with van der Waals surface area (Å²) in [5.74, 6) is 0.899. The summed E-state index contributed by atoms with van der Waals surface area (Å²) in [6.07, 6.45) is 0. The van der Waals surface area contributed by atoms with Gasteiger partial charge in [0.1, 0.15) is 16.6 Å². The maximum atomic E-state index is 9.60. The van der Waals surface area contributed by atoms with Crippen LogP contribution in [0, 0.1) is 13.8 Å². The minimum atomic E-state index is 0.204. The Hall–Kier alpha value is -2.14. The van der Waals surface area contributed by atoms with Crippen LogP contribution in [-0.4, -0.2) is 22.1 Å². The molecule has 0 amide bonds. The van der Waals surface area contributed by atoms with E-state index in [0.29, 0.717) is 10.8 Å². The number of benzene rings is 1. The predicted molar refractivity (Wildman–Crippen MR) is 85.8 cm³/mol. The molecule has 0 unspecified atom stereocenters. The monoisotopic (exact) mass is 287 g/mol. The molecule has 0 aliphatic carbocycles. The number of pyridine rings is 1. The number of aromatic hydroxyl groups is 1. The number of thiocarbonyl (C=S) groups is 1. The van der Waals surface area contributed by atoms with Crippen molar-refractivity contribution in [2.45, 2.75) is 13.8 Å². The minimum Gasteiger partial charge on any atom is -0.508 e. The van der Waals surface area contributed by atoms with Crippen molar-refractivity contribution >= 4 is 28.7 Å². The molecule has 0 fully saturated rings. The molecular weight excluding hydrogens is 270 g/mol. The van der Waals surface area contributed by atoms with E-state index in [2.05, 4.69) is 4.98 Å². The molecule has 0 saturated heterocycles. The van der Waals surface area contributed by atoms with Crippen LogP contribution < -0.4 is 10.6 Å². The Morgan fingerprint density at radius 3 is 2.60 bits per heavy atom. The zero-order valence-corrected chi connectivity index (χ0v) is 12.5. The van der Waals surface area contributed by atoms with Gasteiger partial charge in [0.15, 0.2) is 0 Å². The fraction of sp³-hybridized carbons (Fsp3) is 0.200. The Kier molecular flexibility index (Phi) is 3.90. The third-order valence-corrected chi connectivity index (χ3v) is 3.31. The predicted octanol–water partition coefficient (Wildman–Crippen LogP) is 2.81. The van der Waals surface area contributed by atoms with Gasteiger partial charge in [-0.15, -0.1) is 0 Å². The highest BCUT2D eigenvalue weighted by Crippen LogP contribution is 2.29. The summed E-state index contributed by atoms with van der Waals surface area (Å²) in [6.45, 7) is 3.89. The second kappa shape index (κ2) is 5.46. The number of phenols is 1. The molecule has 0 atom stereocenters. The van der Waals surface area contributed by atoms with Gasteiger partial charge in [0.2, 0.25) is 0 Å². The molecule has 0 aliphatic heterocycles. The van der Waals surface area contributed by atoms with E-state index in [-0.39, 0.29) is 5.75 Å². The summed E-state index contributed by atoms with van der Waals surface area (Å²) in [6, 6.07) is 8.92. The highest BCUT2D eigenvalue weighted by atomic mass is 32.1. The lowest BCUT2D eigenvalue weighted by atomic mass is 10.1. The fourth-order valence-electron chi connectivity index (χ4n) is 2.19. The average Bonchev–Trinajstić information content (AvgIpc) is 2.36. The molecule has 1 aromatic heterocycles. The highest BCUT2D eigenvalue weighted by molar-refractivity contribution is 7.80. The van der Waals surface area contributed by atoms with Crippen LogP contribution in [0.2, 0.25) is 0 Å². The first kappa shape index (κ1) is 14.3. The molecule has 0 radical (unpaired) electrons. The largest absolute Gasteiger partial charge is 0.508 e. The summed E-state index contributed by atoms with van der Waals surface area (Å²) in [4.78, 5) is 6.72. The molecular formula is C15H17N3OS. The average molecular weight is 287 g/mol. The van der Waals surface area contributed by atoms with Crippen molar-refractivity contribution in [2.24, 2.45) is 5.73 Å². The van der Waals surface area contributed by atoms with Crippen LogP contribution in [0.25, 0.3) is 0 Å². The van der Waals surface area contributed by atoms with Crippen LogP contribution in [0.5, 0.6) is 5.75 Å². The van der Waals surface area contributed by atoms with Gasteiger partial charge < -0.3 is 15.7 Å². The first-order valence-corrected chi connectivity index (χ1v) is 6.62. The van der Waals surface area contributed by atoms with Crippen molar-refractivity contribution < 1.29 is 5.11 Å². The maximum absolute atomic E-state index is 9.60. The van der Waals surface area contributed by atoms with Crippen LogP contribution in [0.1, 0.15) is 16.8 Å². The lowest BCUT2D eigenvalue weighted by Crippen LogP contribution is -2.21. The summed E-state index contributed by atoms with van der Waals surface area (Å²) in [5.41, 5.74) is 9.29. The number of rotatable bonds is 3. The van der Waals surface area contributed by atoms with Gasteiger partial charge >= 0.3 is 0 Å². The Balaban J connectivity index is 2.59. The third kappa shape index (κ3) is 2.72. The van der Waals surface area contributed by atoms with Crippen LogP contribution in [0.15, 0.2) is 30.3 Å². The van der Waals surface area contributed by atoms with E-state index in [1.54, 1.807) is 18.2 Å². The Morgan fingerprint density at radius 1 is 1.30 bits per heavy atom. The molecule has 4 nitrogen and oxygen atoms in total. The van der Waals surface area contributed by atoms with Gasteiger partial charge in [-0.25, -0.2) is 4.98 Å². The van der Waals surface area contributed by atoms with Gasteiger partial charge in [0.05, 0.1) is 5.56 Å². The molecule has 0 bridgehead atoms. The highest BCUT2D eigenvalue weighted by Gasteiger charge is 2.16. The van der Waals surface area contributed by atoms with Crippen molar-refractivity contribution in [3.8, 4) is 5.75 Å². The van der Waals surface area contributed by atoms with Crippen molar-refractivity contribution in [3.05, 3.63) is 47.2 Å². The number of hydrogen-bond donors (Lipinski definition) is 2. The molecule has 1 aromatic carbocycles. The second-order valence-corrected chi connectivity index (χ2v) is 5.16. The van der Waals surface area contributed by atoms with Gasteiger partial charge in [-0.1, -0.05) is 18.3 Å². The number of phenolic OH excluding ortho intramolecular Hbond substituents is 1. The molecule has 20 heavy (non-hydrogen) atoms. The normalized spacial score (nSPS) is 10.3. The summed E-state index contributed by atoms with van der Waals surface area (Å²) >= 11 is 5.14. The molecule has 0 saturated carbocycles. The molecule has 5 heteroatoms. The molecule has 3 N–H and O–H groups in total. The number of hydrogen-bond acceptors (Lipinski definition) is 4. The van der Waals surface area contributed by atoms with Crippen LogP contribution in [0.4, 0.5) is 11.5 Å². The van der Waals surface area contributed by atoms with Crippen molar-refractivity contribution in [2.75, 3.05) is 11.9 Å².